The van der Waals surface area contributed by atoms with E-state index in [1.54, 1.807) is 6.92 Å². The molecular formula is C15H28N2O3. The van der Waals surface area contributed by atoms with Crippen LogP contribution in [0.2, 0.25) is 0 Å². The molecule has 3 atom stereocenters. The van der Waals surface area contributed by atoms with Gasteiger partial charge in [0.25, 0.3) is 0 Å². The summed E-state index contributed by atoms with van der Waals surface area (Å²) in [6.07, 6.45) is 5.26. The number of carbonyl (C=O) groups is 2. The maximum atomic E-state index is 12.1. The molecule has 116 valence electrons. The molecule has 0 bridgehead atoms. The standard InChI is InChI=1S/C15H28N2O3/c1-10(9-18)11(2)16-14(19)12(3)17-15(20)13-7-5-4-6-8-13/h10-13,18H,4-9H2,1-3H3,(H,16,19)(H,17,20). The molecule has 0 aromatic carbocycles. The molecule has 0 radical (unpaired) electrons. The molecule has 0 saturated heterocycles. The summed E-state index contributed by atoms with van der Waals surface area (Å²) in [5, 5.41) is 14.7. The van der Waals surface area contributed by atoms with Gasteiger partial charge in [0.1, 0.15) is 6.04 Å². The number of rotatable bonds is 6. The molecule has 20 heavy (non-hydrogen) atoms. The van der Waals surface area contributed by atoms with Crippen LogP contribution in [0.5, 0.6) is 0 Å². The Morgan fingerprint density at radius 3 is 2.25 bits per heavy atom. The van der Waals surface area contributed by atoms with Gasteiger partial charge in [-0.15, -0.1) is 0 Å². The van der Waals surface area contributed by atoms with Gasteiger partial charge in [0, 0.05) is 18.6 Å². The first-order chi connectivity index (χ1) is 9.45. The van der Waals surface area contributed by atoms with Gasteiger partial charge in [-0.3, -0.25) is 9.59 Å². The predicted octanol–water partition coefficient (Wildman–Crippen LogP) is 1.20. The normalized spacial score (nSPS) is 20.8. The van der Waals surface area contributed by atoms with E-state index in [2.05, 4.69) is 10.6 Å². The van der Waals surface area contributed by atoms with Gasteiger partial charge in [0.15, 0.2) is 0 Å². The summed E-state index contributed by atoms with van der Waals surface area (Å²) < 4.78 is 0. The molecule has 1 saturated carbocycles. The highest BCUT2D eigenvalue weighted by molar-refractivity contribution is 5.88. The van der Waals surface area contributed by atoms with Gasteiger partial charge >= 0.3 is 0 Å². The summed E-state index contributed by atoms with van der Waals surface area (Å²) in [4.78, 5) is 24.0. The van der Waals surface area contributed by atoms with Crippen LogP contribution in [0.25, 0.3) is 0 Å². The highest BCUT2D eigenvalue weighted by atomic mass is 16.3. The summed E-state index contributed by atoms with van der Waals surface area (Å²) in [5.74, 6) is -0.134. The second kappa shape index (κ2) is 8.25. The second-order valence-corrected chi connectivity index (χ2v) is 6.02. The van der Waals surface area contributed by atoms with Crippen molar-refractivity contribution in [3.05, 3.63) is 0 Å². The quantitative estimate of drug-likeness (QED) is 0.686. The van der Waals surface area contributed by atoms with E-state index in [0.717, 1.165) is 25.7 Å². The summed E-state index contributed by atoms with van der Waals surface area (Å²) in [5.41, 5.74) is 0. The Bertz CT molecular complexity index is 327. The molecule has 3 N–H and O–H groups in total. The first-order valence-corrected chi connectivity index (χ1v) is 7.67. The molecule has 1 aliphatic rings. The zero-order chi connectivity index (χ0) is 15.1. The third-order valence-electron chi connectivity index (χ3n) is 4.24. The Morgan fingerprint density at radius 2 is 1.70 bits per heavy atom. The van der Waals surface area contributed by atoms with Crippen molar-refractivity contribution < 1.29 is 14.7 Å². The number of aliphatic hydroxyl groups is 1. The Labute approximate surface area is 121 Å². The van der Waals surface area contributed by atoms with E-state index in [-0.39, 0.29) is 36.3 Å². The highest BCUT2D eigenvalue weighted by Crippen LogP contribution is 2.23. The van der Waals surface area contributed by atoms with Gasteiger partial charge in [-0.1, -0.05) is 26.2 Å². The Hall–Kier alpha value is -1.10. The fourth-order valence-electron chi connectivity index (χ4n) is 2.41. The molecule has 0 aromatic heterocycles. The number of amides is 2. The monoisotopic (exact) mass is 284 g/mol. The summed E-state index contributed by atoms with van der Waals surface area (Å²) in [6.45, 7) is 5.46. The van der Waals surface area contributed by atoms with Crippen LogP contribution in [0.3, 0.4) is 0 Å². The van der Waals surface area contributed by atoms with Gasteiger partial charge in [0.05, 0.1) is 0 Å². The number of hydrogen-bond donors (Lipinski definition) is 3. The lowest BCUT2D eigenvalue weighted by Crippen LogP contribution is -2.50. The molecule has 5 nitrogen and oxygen atoms in total. The van der Waals surface area contributed by atoms with Crippen molar-refractivity contribution in [2.45, 2.75) is 65.0 Å². The molecule has 0 aliphatic heterocycles. The molecule has 2 amide bonds. The van der Waals surface area contributed by atoms with Crippen molar-refractivity contribution in [3.63, 3.8) is 0 Å². The fraction of sp³-hybridized carbons (Fsp3) is 0.867. The van der Waals surface area contributed by atoms with Crippen molar-refractivity contribution in [2.75, 3.05) is 6.61 Å². The third kappa shape index (κ3) is 5.12. The van der Waals surface area contributed by atoms with Crippen LogP contribution in [0.4, 0.5) is 0 Å². The highest BCUT2D eigenvalue weighted by Gasteiger charge is 2.25. The van der Waals surface area contributed by atoms with Crippen LogP contribution in [0, 0.1) is 11.8 Å². The van der Waals surface area contributed by atoms with Gasteiger partial charge in [-0.05, 0) is 32.6 Å². The predicted molar refractivity (Wildman–Crippen MR) is 78.0 cm³/mol. The maximum absolute atomic E-state index is 12.1. The molecule has 5 heteroatoms. The largest absolute Gasteiger partial charge is 0.396 e. The molecule has 0 aromatic rings. The van der Waals surface area contributed by atoms with E-state index in [4.69, 9.17) is 5.11 Å². The second-order valence-electron chi connectivity index (χ2n) is 6.02. The molecule has 1 rings (SSSR count). The SMILES string of the molecule is CC(NC(=O)C1CCCCC1)C(=O)NC(C)C(C)CO. The Balaban J connectivity index is 2.38. The smallest absolute Gasteiger partial charge is 0.242 e. The first kappa shape index (κ1) is 17.0. The van der Waals surface area contributed by atoms with Gasteiger partial charge in [-0.2, -0.15) is 0 Å². The van der Waals surface area contributed by atoms with Crippen molar-refractivity contribution >= 4 is 11.8 Å². The minimum absolute atomic E-state index is 0.000181. The van der Waals surface area contributed by atoms with E-state index >= 15 is 0 Å². The molecule has 0 heterocycles. The van der Waals surface area contributed by atoms with Crippen molar-refractivity contribution in [1.82, 2.24) is 10.6 Å². The lowest BCUT2D eigenvalue weighted by molar-refractivity contribution is -0.131. The Kier molecular flexibility index (Phi) is 6.99. The van der Waals surface area contributed by atoms with Crippen LogP contribution in [0.1, 0.15) is 52.9 Å². The van der Waals surface area contributed by atoms with E-state index in [9.17, 15) is 9.59 Å². The number of nitrogens with one attached hydrogen (secondary N) is 2. The third-order valence-corrected chi connectivity index (χ3v) is 4.24. The summed E-state index contributed by atoms with van der Waals surface area (Å²) >= 11 is 0. The summed E-state index contributed by atoms with van der Waals surface area (Å²) in [7, 11) is 0. The van der Waals surface area contributed by atoms with E-state index in [1.165, 1.54) is 6.42 Å². The van der Waals surface area contributed by atoms with E-state index in [1.807, 2.05) is 13.8 Å². The molecule has 1 aliphatic carbocycles. The molecule has 0 spiro atoms. The van der Waals surface area contributed by atoms with Gasteiger partial charge < -0.3 is 15.7 Å². The van der Waals surface area contributed by atoms with E-state index in [0.29, 0.717) is 0 Å². The van der Waals surface area contributed by atoms with Crippen LogP contribution in [0.15, 0.2) is 0 Å². The lowest BCUT2D eigenvalue weighted by Gasteiger charge is -2.25. The van der Waals surface area contributed by atoms with Crippen molar-refractivity contribution in [3.8, 4) is 0 Å². The van der Waals surface area contributed by atoms with Crippen molar-refractivity contribution in [2.24, 2.45) is 11.8 Å². The zero-order valence-electron chi connectivity index (χ0n) is 12.8. The topological polar surface area (TPSA) is 78.4 Å². The average Bonchev–Trinajstić information content (AvgIpc) is 2.46. The first-order valence-electron chi connectivity index (χ1n) is 7.67. The number of carbonyl (C=O) groups excluding carboxylic acids is 2. The zero-order valence-corrected chi connectivity index (χ0v) is 12.8. The lowest BCUT2D eigenvalue weighted by atomic mass is 9.88. The van der Waals surface area contributed by atoms with E-state index < -0.39 is 6.04 Å². The van der Waals surface area contributed by atoms with Crippen LogP contribution >= 0.6 is 0 Å². The minimum atomic E-state index is -0.530. The van der Waals surface area contributed by atoms with Gasteiger partial charge in [-0.25, -0.2) is 0 Å². The Morgan fingerprint density at radius 1 is 1.10 bits per heavy atom. The maximum Gasteiger partial charge on any atom is 0.242 e. The van der Waals surface area contributed by atoms with Gasteiger partial charge in [0.2, 0.25) is 11.8 Å². The molecular weight excluding hydrogens is 256 g/mol. The van der Waals surface area contributed by atoms with Crippen LogP contribution in [-0.2, 0) is 9.59 Å². The number of hydrogen-bond acceptors (Lipinski definition) is 3. The summed E-state index contributed by atoms with van der Waals surface area (Å²) in [6, 6.07) is -0.640. The molecule has 3 unspecified atom stereocenters. The van der Waals surface area contributed by atoms with Crippen LogP contribution in [-0.4, -0.2) is 35.6 Å². The average molecular weight is 284 g/mol. The number of aliphatic hydroxyl groups excluding tert-OH is 1. The fourth-order valence-corrected chi connectivity index (χ4v) is 2.41. The minimum Gasteiger partial charge on any atom is -0.396 e. The van der Waals surface area contributed by atoms with Crippen LogP contribution < -0.4 is 10.6 Å². The molecule has 1 fully saturated rings. The van der Waals surface area contributed by atoms with Crippen molar-refractivity contribution in [1.29, 1.82) is 0 Å².